The number of carbonyl (C=O) groups excluding carboxylic acids is 1. The normalized spacial score (nSPS) is 12.0. The Morgan fingerprint density at radius 1 is 1.25 bits per heavy atom. The summed E-state index contributed by atoms with van der Waals surface area (Å²) >= 11 is 7.25. The maximum absolute atomic E-state index is 13.2. The summed E-state index contributed by atoms with van der Waals surface area (Å²) in [6.45, 7) is 1.96. The van der Waals surface area contributed by atoms with E-state index in [-0.39, 0.29) is 18.0 Å². The van der Waals surface area contributed by atoms with E-state index >= 15 is 0 Å². The van der Waals surface area contributed by atoms with Gasteiger partial charge in [-0.25, -0.2) is 4.98 Å². The van der Waals surface area contributed by atoms with Crippen LogP contribution in [0.3, 0.4) is 0 Å². The van der Waals surface area contributed by atoms with Crippen molar-refractivity contribution in [2.75, 3.05) is 12.4 Å². The monoisotopic (exact) mass is 469 g/mol. The number of hydrogen-bond acceptors (Lipinski definition) is 6. The standard InChI is InChI=1S/C23H20ClN3O4S/c1-14(21(28)25-19-12-15(24)9-10-20(19)30-2)32-23-26-18-8-4-3-7-17(18)22(29)27(23)13-16-6-5-11-31-16/h3-12,14H,13H2,1-2H3,(H,25,28)/t14-/m0/s1. The number of rotatable bonds is 7. The van der Waals surface area contributed by atoms with Crippen molar-refractivity contribution in [2.24, 2.45) is 0 Å². The number of benzene rings is 2. The second-order valence-electron chi connectivity index (χ2n) is 6.98. The van der Waals surface area contributed by atoms with Gasteiger partial charge in [0.05, 0.1) is 41.8 Å². The van der Waals surface area contributed by atoms with Gasteiger partial charge in [-0.15, -0.1) is 0 Å². The van der Waals surface area contributed by atoms with Gasteiger partial charge in [0.1, 0.15) is 11.5 Å². The van der Waals surface area contributed by atoms with Crippen molar-refractivity contribution in [3.63, 3.8) is 0 Å². The highest BCUT2D eigenvalue weighted by molar-refractivity contribution is 8.00. The molecule has 0 saturated heterocycles. The minimum atomic E-state index is -0.561. The Kier molecular flexibility index (Phi) is 6.53. The number of thioether (sulfide) groups is 1. The number of nitrogens with zero attached hydrogens (tertiary/aromatic N) is 2. The molecule has 1 N–H and O–H groups in total. The molecule has 4 rings (SSSR count). The first-order valence-electron chi connectivity index (χ1n) is 9.79. The summed E-state index contributed by atoms with van der Waals surface area (Å²) in [5, 5.41) is 3.68. The lowest BCUT2D eigenvalue weighted by Gasteiger charge is -2.17. The molecule has 0 aliphatic carbocycles. The third kappa shape index (κ3) is 4.66. The number of methoxy groups -OCH3 is 1. The zero-order chi connectivity index (χ0) is 22.7. The van der Waals surface area contributed by atoms with Gasteiger partial charge < -0.3 is 14.5 Å². The van der Waals surface area contributed by atoms with Gasteiger partial charge in [-0.3, -0.25) is 14.2 Å². The topological polar surface area (TPSA) is 86.4 Å². The number of carbonyl (C=O) groups is 1. The van der Waals surface area contributed by atoms with E-state index in [9.17, 15) is 9.59 Å². The molecule has 2 aromatic heterocycles. The number of hydrogen-bond donors (Lipinski definition) is 1. The molecule has 1 amide bonds. The summed E-state index contributed by atoms with van der Waals surface area (Å²) < 4.78 is 12.2. The van der Waals surface area contributed by atoms with Crippen LogP contribution in [0, 0.1) is 0 Å². The first-order chi connectivity index (χ1) is 15.5. The highest BCUT2D eigenvalue weighted by Crippen LogP contribution is 2.29. The van der Waals surface area contributed by atoms with Gasteiger partial charge in [0.2, 0.25) is 5.91 Å². The van der Waals surface area contributed by atoms with Crippen molar-refractivity contribution in [3.8, 4) is 5.75 Å². The molecule has 0 aliphatic heterocycles. The van der Waals surface area contributed by atoms with Crippen molar-refractivity contribution in [1.29, 1.82) is 0 Å². The van der Waals surface area contributed by atoms with Crippen LogP contribution in [-0.2, 0) is 11.3 Å². The van der Waals surface area contributed by atoms with Crippen molar-refractivity contribution < 1.29 is 13.9 Å². The average Bonchev–Trinajstić information content (AvgIpc) is 3.30. The lowest BCUT2D eigenvalue weighted by Crippen LogP contribution is -2.27. The molecule has 0 saturated carbocycles. The van der Waals surface area contributed by atoms with Gasteiger partial charge in [0.15, 0.2) is 5.16 Å². The first kappa shape index (κ1) is 22.0. The van der Waals surface area contributed by atoms with Crippen LogP contribution in [0.1, 0.15) is 12.7 Å². The van der Waals surface area contributed by atoms with E-state index < -0.39 is 5.25 Å². The molecule has 0 radical (unpaired) electrons. The number of ether oxygens (including phenoxy) is 1. The van der Waals surface area contributed by atoms with Crippen LogP contribution in [0.4, 0.5) is 5.69 Å². The Hall–Kier alpha value is -3.23. The summed E-state index contributed by atoms with van der Waals surface area (Å²) in [6, 6.07) is 15.7. The lowest BCUT2D eigenvalue weighted by atomic mass is 10.2. The molecule has 0 bridgehead atoms. The molecule has 0 spiro atoms. The highest BCUT2D eigenvalue weighted by Gasteiger charge is 2.21. The Morgan fingerprint density at radius 2 is 2.06 bits per heavy atom. The van der Waals surface area contributed by atoms with Gasteiger partial charge in [-0.1, -0.05) is 35.5 Å². The highest BCUT2D eigenvalue weighted by atomic mass is 35.5. The van der Waals surface area contributed by atoms with E-state index in [4.69, 9.17) is 20.8 Å². The smallest absolute Gasteiger partial charge is 0.262 e. The number of halogens is 1. The van der Waals surface area contributed by atoms with Crippen LogP contribution in [0.15, 0.2) is 75.2 Å². The molecular formula is C23H20ClN3O4S. The van der Waals surface area contributed by atoms with Crippen molar-refractivity contribution >= 4 is 45.9 Å². The number of para-hydroxylation sites is 1. The van der Waals surface area contributed by atoms with Crippen molar-refractivity contribution in [1.82, 2.24) is 9.55 Å². The SMILES string of the molecule is COc1ccc(Cl)cc1NC(=O)[C@H](C)Sc1nc2ccccc2c(=O)n1Cc1ccco1. The van der Waals surface area contributed by atoms with Crippen LogP contribution >= 0.6 is 23.4 Å². The number of fused-ring (bicyclic) bond motifs is 1. The van der Waals surface area contributed by atoms with Gasteiger partial charge in [0, 0.05) is 5.02 Å². The second kappa shape index (κ2) is 9.50. The fourth-order valence-corrected chi connectivity index (χ4v) is 4.24. The first-order valence-corrected chi connectivity index (χ1v) is 11.0. The van der Waals surface area contributed by atoms with Gasteiger partial charge >= 0.3 is 0 Å². The average molecular weight is 470 g/mol. The molecule has 164 valence electrons. The summed E-state index contributed by atoms with van der Waals surface area (Å²) in [5.41, 5.74) is 0.843. The van der Waals surface area contributed by atoms with Crippen molar-refractivity contribution in [3.05, 3.63) is 82.0 Å². The van der Waals surface area contributed by atoms with E-state index in [1.54, 1.807) is 61.7 Å². The number of amides is 1. The Morgan fingerprint density at radius 3 is 2.81 bits per heavy atom. The third-order valence-electron chi connectivity index (χ3n) is 4.79. The van der Waals surface area contributed by atoms with E-state index in [0.717, 1.165) is 0 Å². The number of nitrogens with one attached hydrogen (secondary N) is 1. The molecule has 0 fully saturated rings. The molecule has 4 aromatic rings. The molecule has 9 heteroatoms. The lowest BCUT2D eigenvalue weighted by molar-refractivity contribution is -0.115. The van der Waals surface area contributed by atoms with Crippen LogP contribution in [0.5, 0.6) is 5.75 Å². The molecule has 7 nitrogen and oxygen atoms in total. The molecule has 0 aliphatic rings. The zero-order valence-corrected chi connectivity index (χ0v) is 18.9. The number of anilines is 1. The third-order valence-corrected chi connectivity index (χ3v) is 6.12. The van der Waals surface area contributed by atoms with Crippen molar-refractivity contribution in [2.45, 2.75) is 23.9 Å². The Bertz CT molecular complexity index is 1320. The molecule has 2 heterocycles. The fraction of sp³-hybridized carbons (Fsp3) is 0.174. The predicted molar refractivity (Wildman–Crippen MR) is 126 cm³/mol. The Balaban J connectivity index is 1.65. The van der Waals surface area contributed by atoms with Crippen LogP contribution in [0.25, 0.3) is 10.9 Å². The summed E-state index contributed by atoms with van der Waals surface area (Å²) in [6.07, 6.45) is 1.55. The largest absolute Gasteiger partial charge is 0.495 e. The maximum atomic E-state index is 13.2. The quantitative estimate of drug-likeness (QED) is 0.308. The summed E-state index contributed by atoms with van der Waals surface area (Å²) in [5.74, 6) is 0.841. The predicted octanol–water partition coefficient (Wildman–Crippen LogP) is 4.82. The summed E-state index contributed by atoms with van der Waals surface area (Å²) in [4.78, 5) is 30.7. The molecular weight excluding hydrogens is 450 g/mol. The minimum absolute atomic E-state index is 0.196. The van der Waals surface area contributed by atoms with Gasteiger partial charge in [-0.2, -0.15) is 0 Å². The zero-order valence-electron chi connectivity index (χ0n) is 17.4. The summed E-state index contributed by atoms with van der Waals surface area (Å²) in [7, 11) is 1.52. The minimum Gasteiger partial charge on any atom is -0.495 e. The van der Waals surface area contributed by atoms with Gasteiger partial charge in [0.25, 0.3) is 5.56 Å². The van der Waals surface area contributed by atoms with Crippen LogP contribution in [-0.4, -0.2) is 27.8 Å². The van der Waals surface area contributed by atoms with E-state index in [1.807, 2.05) is 6.07 Å². The van der Waals surface area contributed by atoms with Crippen LogP contribution in [0.2, 0.25) is 5.02 Å². The maximum Gasteiger partial charge on any atom is 0.262 e. The van der Waals surface area contributed by atoms with E-state index in [0.29, 0.717) is 38.3 Å². The van der Waals surface area contributed by atoms with E-state index in [2.05, 4.69) is 10.3 Å². The Labute approximate surface area is 193 Å². The number of aromatic nitrogens is 2. The van der Waals surface area contributed by atoms with Gasteiger partial charge in [-0.05, 0) is 49.4 Å². The molecule has 2 aromatic carbocycles. The number of furan rings is 1. The second-order valence-corrected chi connectivity index (χ2v) is 8.72. The van der Waals surface area contributed by atoms with E-state index in [1.165, 1.54) is 23.4 Å². The van der Waals surface area contributed by atoms with Crippen LogP contribution < -0.4 is 15.6 Å². The molecule has 32 heavy (non-hydrogen) atoms. The fourth-order valence-electron chi connectivity index (χ4n) is 3.16. The molecule has 0 unspecified atom stereocenters. The molecule has 1 atom stereocenters.